The van der Waals surface area contributed by atoms with Crippen molar-refractivity contribution in [3.05, 3.63) is 163 Å². The zero-order valence-electron chi connectivity index (χ0n) is 84.2. The van der Waals surface area contributed by atoms with Crippen LogP contribution in [0, 0.1) is 50.0 Å². The van der Waals surface area contributed by atoms with E-state index in [2.05, 4.69) is 100 Å². The molecule has 28 atom stereocenters. The van der Waals surface area contributed by atoms with Gasteiger partial charge in [-0.1, -0.05) is 75.1 Å². The molecule has 0 bridgehead atoms. The summed E-state index contributed by atoms with van der Waals surface area (Å²) in [6.45, 7) is 34.5. The average Bonchev–Trinajstić information content (AvgIpc) is 1.59. The zero-order chi connectivity index (χ0) is 104. The van der Waals surface area contributed by atoms with Gasteiger partial charge in [-0.2, -0.15) is 15.0 Å². The maximum absolute atomic E-state index is 12.3. The fourth-order valence-electron chi connectivity index (χ4n) is 14.1. The number of nitrogens with one attached hydrogen (secondary N) is 3. The van der Waals surface area contributed by atoms with Crippen LogP contribution < -0.4 is 60.2 Å². The Hall–Kier alpha value is -7.65. The number of esters is 2. The Bertz CT molecular complexity index is 5640. The van der Waals surface area contributed by atoms with E-state index < -0.39 is 252 Å². The second kappa shape index (κ2) is 45.5. The third-order valence-electron chi connectivity index (χ3n) is 24.1. The van der Waals surface area contributed by atoms with Gasteiger partial charge in [0.15, 0.2) is 86.7 Å². The van der Waals surface area contributed by atoms with Crippen LogP contribution in [0.25, 0.3) is 5.73 Å². The van der Waals surface area contributed by atoms with Crippen molar-refractivity contribution in [3.63, 3.8) is 0 Å². The van der Waals surface area contributed by atoms with Crippen molar-refractivity contribution >= 4 is 48.5 Å². The summed E-state index contributed by atoms with van der Waals surface area (Å²) in [4.78, 5) is 135. The van der Waals surface area contributed by atoms with E-state index in [4.69, 9.17) is 112 Å². The maximum atomic E-state index is 12.3. The minimum atomic E-state index is -2.38. The number of anilines is 1. The molecular weight excluding hydrogens is 2010 g/mol. The van der Waals surface area contributed by atoms with Gasteiger partial charge in [-0.15, -0.1) is 0 Å². The molecule has 8 aliphatic rings. The van der Waals surface area contributed by atoms with Crippen LogP contribution in [0.15, 0.2) is 112 Å². The van der Waals surface area contributed by atoms with Gasteiger partial charge >= 0.3 is 41.0 Å². The van der Waals surface area contributed by atoms with E-state index in [9.17, 15) is 68.4 Å². The van der Waals surface area contributed by atoms with Crippen molar-refractivity contribution in [1.29, 1.82) is 0 Å². The summed E-state index contributed by atoms with van der Waals surface area (Å²) in [6, 6.07) is 8.02. The normalized spacial score (nSPS) is 30.9. The largest absolute Gasteiger partial charge is 0.482 e. The first-order valence-electron chi connectivity index (χ1n) is 46.1. The molecule has 6 fully saturated rings. The van der Waals surface area contributed by atoms with Gasteiger partial charge in [0.25, 0.3) is 22.2 Å². The van der Waals surface area contributed by atoms with Crippen molar-refractivity contribution in [2.24, 2.45) is 5.92 Å². The molecule has 11 N–H and O–H groups in total. The van der Waals surface area contributed by atoms with E-state index in [-0.39, 0.29) is 127 Å². The number of carbonyl (C=O) groups excluding carboxylic acids is 2. The molecule has 6 aromatic rings. The second-order valence-electron chi connectivity index (χ2n) is 36.2. The third-order valence-corrected chi connectivity index (χ3v) is 37.5. The monoisotopic (exact) mass is 2140 g/mol. The summed E-state index contributed by atoms with van der Waals surface area (Å²) < 4.78 is 161. The van der Waals surface area contributed by atoms with Crippen molar-refractivity contribution < 1.29 is 175 Å². The summed E-state index contributed by atoms with van der Waals surface area (Å²) in [5.74, 6) is -1.52. The molecule has 28 unspecified atom stereocenters. The Balaban J connectivity index is 0.000000208. The van der Waals surface area contributed by atoms with Gasteiger partial charge in [0.2, 0.25) is 5.69 Å². The molecule has 0 aliphatic carbocycles. The molecule has 1 radical (unpaired) electrons. The van der Waals surface area contributed by atoms with Crippen molar-refractivity contribution in [3.8, 4) is 12.0 Å². The van der Waals surface area contributed by atoms with E-state index >= 15 is 0 Å². The Morgan fingerprint density at radius 1 is 0.462 bits per heavy atom. The van der Waals surface area contributed by atoms with Crippen LogP contribution in [-0.2, 0) is 79.7 Å². The van der Waals surface area contributed by atoms with E-state index in [1.165, 1.54) is 67.5 Å². The van der Waals surface area contributed by atoms with Crippen LogP contribution >= 0.6 is 0 Å². The standard InChI is InChI=1S/C18H30N2O7Si.C16H29N3O5Si.C16H26N2O5Si.C13H19N3O5.C9H12N2O6.C9H10N2O5.Ac/c1-11(21)25-15-14(27-28(6,7)18(2,3)4)12(10-24-5)26-16(15)20-9-8-13(22)19-17(20)23;1-16(2,3)25(5,6)24-13-10(9-22-4)23-14(12(13)20)19-8-7-11(17)18-15(19)21;1-16(2,3)24(5,6)23-12-10(9-20-4)21-14-13(12)22-15-17-11(19)7-8-18(14)15;1-7-9(6-19-3)21-12(11(7)20-8(2)17)16-5-4-10(14)15-13(16)18;12-3-4-6(14)7(15)8(17-4)11-2-1-5(13)10-9(11)16;12-3-4-6(14)7-8(15-4)11-2-1-5(13)10-9(11)16-7;/h8-9,12,14-16H,10H2,1-7H3,(H,19,22,23);7-8,10,12-14,20H,9H2,1-6H3,(H2,17,18,21);7-8,10,12-14H,9H2,1-6H3;4-5,7,9,11-12H,6H2,1-3H3,(H2,14,15,18);1-2,4,6-8,12,14-15H,3H2,(H,10,13,16);1-2,4,6-8,12,14H,3H2;/p-1/i5TD;2*4TD;3TD;;;. The molecule has 47 nitrogen and oxygen atoms in total. The summed E-state index contributed by atoms with van der Waals surface area (Å²) in [7, 11) is -12.7. The van der Waals surface area contributed by atoms with Gasteiger partial charge < -0.3 is 127 Å². The van der Waals surface area contributed by atoms with E-state index in [1.807, 2.05) is 31.2 Å². The molecule has 14 rings (SSSR count). The number of nitrogens with two attached hydrogens (primary N) is 1. The molecule has 6 saturated heterocycles. The number of ether oxygens (including phenoxy) is 14. The Kier molecular flexibility index (Phi) is 33.6. The quantitative estimate of drug-likeness (QED) is 0.0337. The molecule has 8 aliphatic heterocycles. The van der Waals surface area contributed by atoms with E-state index in [0.717, 1.165) is 36.6 Å². The number of aromatic nitrogens is 12. The van der Waals surface area contributed by atoms with E-state index in [0.29, 0.717) is 0 Å². The SMILES string of the molecule is O=c1ccn(C2OC(CO)C(O)C2O)c(=O)[nH]1.O=c1ccn2c(n1)OC1C(O)C(CO)OC12.[2H]C([3H])OCC1OC(n2ccc(=O)[nH]c2=O)C(OC(C)=O)C1O[Si](C)(C)C(C)(C)C.[2H]C([3H])OCC1OC(n2ccc(N)nc2=O)C(O)C1O[Si](C)(C)C(C)(C)C.[2H]C([3H])OCC1OC(n2ccc([NH-])nc2=O)C(OC(C)=O)C1C.[2H]C([3H])OCC1OC2C(Oc3nc(=O)ccn32)C1O[Si](C)(C)C(C)(C)C.[Ac]. The number of methoxy groups -OCH3 is 4. The first-order valence-corrected chi connectivity index (χ1v) is 50.2. The number of nitrogens with zero attached hydrogens (tertiary/aromatic N) is 10. The number of nitrogen functional groups attached to an aromatic ring is 1. The molecule has 51 heteroatoms. The summed E-state index contributed by atoms with van der Waals surface area (Å²) in [6.07, 6.45) is -10.6. The number of aliphatic hydroxyl groups is 6. The van der Waals surface area contributed by atoms with Crippen LogP contribution in [-0.4, -0.2) is 296 Å². The van der Waals surface area contributed by atoms with Gasteiger partial charge in [-0.3, -0.25) is 70.9 Å². The summed E-state index contributed by atoms with van der Waals surface area (Å²) in [5, 5.41) is 57.4. The number of carbonyl (C=O) groups is 2. The third kappa shape index (κ3) is 25.8. The fraction of sp³-hybridized carbons (Fsp3) is 0.679. The van der Waals surface area contributed by atoms with Crippen LogP contribution in [0.1, 0.15) is 131 Å². The second-order valence-corrected chi connectivity index (χ2v) is 50.5. The van der Waals surface area contributed by atoms with Crippen LogP contribution in [0.5, 0.6) is 12.0 Å². The Morgan fingerprint density at radius 2 is 0.826 bits per heavy atom. The van der Waals surface area contributed by atoms with Crippen LogP contribution in [0.3, 0.4) is 0 Å². The topological polar surface area (TPSA) is 612 Å². The number of aromatic amines is 2. The first-order chi connectivity index (χ1) is 64.6. The Morgan fingerprint density at radius 3 is 1.30 bits per heavy atom. The predicted octanol–water partition coefficient (Wildman–Crippen LogP) is 0.903. The molecule has 0 aromatic carbocycles. The van der Waals surface area contributed by atoms with Crippen molar-refractivity contribution in [1.82, 2.24) is 57.3 Å². The minimum Gasteiger partial charge on any atom is -0.482 e. The molecule has 14 heterocycles. The molecular formula is C81H125AcN14O33Si3-. The molecule has 6 aromatic heterocycles. The summed E-state index contributed by atoms with van der Waals surface area (Å²) in [5.41, 5.74) is 8.13. The molecule has 0 spiro atoms. The molecule has 0 saturated carbocycles. The van der Waals surface area contributed by atoms with Gasteiger partial charge in [0.1, 0.15) is 79.1 Å². The van der Waals surface area contributed by atoms with Gasteiger partial charge in [-0.05, 0) is 66.5 Å². The average molecular weight is 2150 g/mol. The molecule has 132 heavy (non-hydrogen) atoms. The van der Waals surface area contributed by atoms with Crippen LogP contribution in [0.2, 0.25) is 54.4 Å². The van der Waals surface area contributed by atoms with Crippen LogP contribution in [0.4, 0.5) is 11.6 Å². The number of fused-ring (bicyclic) bond motifs is 6. The smallest absolute Gasteiger partial charge is 0.351 e. The molecule has 733 valence electrons. The maximum Gasteiger partial charge on any atom is 0.351 e. The van der Waals surface area contributed by atoms with Gasteiger partial charge in [-0.25, -0.2) is 14.4 Å². The Labute approximate surface area is 808 Å². The number of aliphatic hydroxyl groups excluding tert-OH is 6. The number of rotatable bonds is 22. The number of hydrogen-bond donors (Lipinski definition) is 9. The van der Waals surface area contributed by atoms with E-state index in [1.54, 1.807) is 17.7 Å². The molecule has 0 amide bonds. The predicted molar refractivity (Wildman–Crippen MR) is 470 cm³/mol. The van der Waals surface area contributed by atoms with Crippen molar-refractivity contribution in [2.45, 2.75) is 279 Å². The fourth-order valence-corrected chi connectivity index (χ4v) is 18.0. The first kappa shape index (κ1) is 97.4. The summed E-state index contributed by atoms with van der Waals surface area (Å²) >= 11 is 0. The van der Waals surface area contributed by atoms with Crippen molar-refractivity contribution in [2.75, 3.05) is 73.6 Å². The zero-order valence-corrected chi connectivity index (χ0v) is 83.9. The van der Waals surface area contributed by atoms with Gasteiger partial charge in [0, 0.05) is 154 Å². The number of H-pyrrole nitrogens is 2. The number of hydrogen-bond acceptors (Lipinski definition) is 38. The van der Waals surface area contributed by atoms with Gasteiger partial charge in [0.05, 0.1) is 56.7 Å². The minimum absolute atomic E-state index is 0.